The Hall–Kier alpha value is -2.69. The summed E-state index contributed by atoms with van der Waals surface area (Å²) in [5.41, 5.74) is 2.24. The number of benzene rings is 2. The Labute approximate surface area is 133 Å². The molecule has 1 aliphatic heterocycles. The van der Waals surface area contributed by atoms with Gasteiger partial charge >= 0.3 is 0 Å². The van der Waals surface area contributed by atoms with E-state index in [0.29, 0.717) is 12.1 Å². The summed E-state index contributed by atoms with van der Waals surface area (Å²) in [6, 6.07) is 13.6. The van der Waals surface area contributed by atoms with E-state index in [1.54, 1.807) is 17.0 Å². The van der Waals surface area contributed by atoms with E-state index in [4.69, 9.17) is 0 Å². The summed E-state index contributed by atoms with van der Waals surface area (Å²) in [5.74, 6) is 0.260. The van der Waals surface area contributed by atoms with Crippen molar-refractivity contribution < 1.29 is 9.18 Å². The number of amides is 1. The van der Waals surface area contributed by atoms with Crippen molar-refractivity contribution >= 4 is 16.9 Å². The molecule has 0 saturated carbocycles. The summed E-state index contributed by atoms with van der Waals surface area (Å²) in [6.45, 7) is 0.664. The molecule has 2 aromatic carbocycles. The number of aromatic nitrogens is 2. The second-order valence-electron chi connectivity index (χ2n) is 5.81. The summed E-state index contributed by atoms with van der Waals surface area (Å²) < 4.78 is 13.4. The van der Waals surface area contributed by atoms with Gasteiger partial charge in [-0.2, -0.15) is 0 Å². The number of fused-ring (bicyclic) bond motifs is 1. The summed E-state index contributed by atoms with van der Waals surface area (Å²) >= 11 is 0. The van der Waals surface area contributed by atoms with Gasteiger partial charge in [-0.1, -0.05) is 18.2 Å². The molecule has 0 aliphatic carbocycles. The monoisotopic (exact) mass is 309 g/mol. The SMILES string of the molecule is O=C(c1cccc(F)c1)N1CCCC1c1nc2ccccc2[nH]1. The number of nitrogens with zero attached hydrogens (tertiary/aromatic N) is 2. The van der Waals surface area contributed by atoms with E-state index < -0.39 is 5.82 Å². The molecule has 0 radical (unpaired) electrons. The molecular formula is C18H16FN3O. The highest BCUT2D eigenvalue weighted by Crippen LogP contribution is 2.32. The Morgan fingerprint density at radius 1 is 1.22 bits per heavy atom. The van der Waals surface area contributed by atoms with Crippen molar-refractivity contribution in [2.45, 2.75) is 18.9 Å². The minimum absolute atomic E-state index is 0.0850. The van der Waals surface area contributed by atoms with Crippen LogP contribution in [-0.2, 0) is 0 Å². The smallest absolute Gasteiger partial charge is 0.254 e. The fraction of sp³-hybridized carbons (Fsp3) is 0.222. The van der Waals surface area contributed by atoms with Crippen LogP contribution < -0.4 is 0 Å². The van der Waals surface area contributed by atoms with Gasteiger partial charge in [-0.15, -0.1) is 0 Å². The van der Waals surface area contributed by atoms with Crippen molar-refractivity contribution in [3.63, 3.8) is 0 Å². The van der Waals surface area contributed by atoms with Crippen LogP contribution in [0.5, 0.6) is 0 Å². The fourth-order valence-corrected chi connectivity index (χ4v) is 3.21. The molecule has 1 amide bonds. The van der Waals surface area contributed by atoms with Gasteiger partial charge < -0.3 is 9.88 Å². The Balaban J connectivity index is 1.67. The van der Waals surface area contributed by atoms with Gasteiger partial charge in [-0.25, -0.2) is 9.37 Å². The van der Waals surface area contributed by atoms with Crippen molar-refractivity contribution in [2.24, 2.45) is 0 Å². The second-order valence-corrected chi connectivity index (χ2v) is 5.81. The van der Waals surface area contributed by atoms with Crippen LogP contribution >= 0.6 is 0 Å². The molecular weight excluding hydrogens is 293 g/mol. The number of likely N-dealkylation sites (tertiary alicyclic amines) is 1. The van der Waals surface area contributed by atoms with Crippen LogP contribution in [0.3, 0.4) is 0 Å². The van der Waals surface area contributed by atoms with Crippen molar-refractivity contribution in [3.05, 3.63) is 65.7 Å². The molecule has 116 valence electrons. The largest absolute Gasteiger partial charge is 0.340 e. The van der Waals surface area contributed by atoms with Crippen LogP contribution in [0.4, 0.5) is 4.39 Å². The van der Waals surface area contributed by atoms with Gasteiger partial charge in [-0.05, 0) is 43.2 Å². The van der Waals surface area contributed by atoms with Gasteiger partial charge in [0.15, 0.2) is 0 Å². The molecule has 4 rings (SSSR count). The highest BCUT2D eigenvalue weighted by molar-refractivity contribution is 5.94. The molecule has 1 aromatic heterocycles. The molecule has 2 heterocycles. The van der Waals surface area contributed by atoms with Crippen LogP contribution in [0.2, 0.25) is 0 Å². The molecule has 23 heavy (non-hydrogen) atoms. The number of carbonyl (C=O) groups excluding carboxylic acids is 1. The predicted octanol–water partition coefficient (Wildman–Crippen LogP) is 3.68. The zero-order valence-corrected chi connectivity index (χ0v) is 12.5. The number of hydrogen-bond donors (Lipinski definition) is 1. The van der Waals surface area contributed by atoms with Crippen LogP contribution in [0.1, 0.15) is 35.1 Å². The highest BCUT2D eigenvalue weighted by Gasteiger charge is 2.32. The van der Waals surface area contributed by atoms with Gasteiger partial charge in [-0.3, -0.25) is 4.79 Å². The standard InChI is InChI=1S/C18H16FN3O/c19-13-6-3-5-12(11-13)18(23)22-10-4-9-16(22)17-20-14-7-1-2-8-15(14)21-17/h1-3,5-8,11,16H,4,9-10H2,(H,20,21). The molecule has 4 nitrogen and oxygen atoms in total. The maximum Gasteiger partial charge on any atom is 0.254 e. The van der Waals surface area contributed by atoms with Gasteiger partial charge in [0.2, 0.25) is 0 Å². The number of nitrogens with one attached hydrogen (secondary N) is 1. The van der Waals surface area contributed by atoms with E-state index in [2.05, 4.69) is 9.97 Å². The number of aromatic amines is 1. The molecule has 0 bridgehead atoms. The number of carbonyl (C=O) groups is 1. The average Bonchev–Trinajstić information content (AvgIpc) is 3.20. The minimum Gasteiger partial charge on any atom is -0.340 e. The molecule has 1 fully saturated rings. The number of imidazole rings is 1. The van der Waals surface area contributed by atoms with Crippen molar-refractivity contribution in [2.75, 3.05) is 6.54 Å². The molecule has 5 heteroatoms. The van der Waals surface area contributed by atoms with Gasteiger partial charge in [0, 0.05) is 12.1 Å². The average molecular weight is 309 g/mol. The molecule has 1 aliphatic rings. The Bertz CT molecular complexity index is 840. The number of para-hydroxylation sites is 2. The first-order valence-electron chi connectivity index (χ1n) is 7.73. The first-order chi connectivity index (χ1) is 11.2. The van der Waals surface area contributed by atoms with E-state index >= 15 is 0 Å². The third-order valence-electron chi connectivity index (χ3n) is 4.31. The number of hydrogen-bond acceptors (Lipinski definition) is 2. The summed E-state index contributed by atoms with van der Waals surface area (Å²) in [5, 5.41) is 0. The van der Waals surface area contributed by atoms with Crippen molar-refractivity contribution in [1.82, 2.24) is 14.9 Å². The zero-order chi connectivity index (χ0) is 15.8. The number of halogens is 1. The third kappa shape index (κ3) is 2.48. The second kappa shape index (κ2) is 5.50. The maximum absolute atomic E-state index is 13.4. The first-order valence-corrected chi connectivity index (χ1v) is 7.73. The normalized spacial score (nSPS) is 17.8. The lowest BCUT2D eigenvalue weighted by molar-refractivity contribution is 0.0730. The molecule has 1 N–H and O–H groups in total. The predicted molar refractivity (Wildman–Crippen MR) is 85.5 cm³/mol. The Kier molecular flexibility index (Phi) is 3.33. The fourth-order valence-electron chi connectivity index (χ4n) is 3.21. The molecule has 1 atom stereocenters. The van der Waals surface area contributed by atoms with E-state index in [1.165, 1.54) is 12.1 Å². The molecule has 1 unspecified atom stereocenters. The van der Waals surface area contributed by atoms with Gasteiger partial charge in [0.05, 0.1) is 17.1 Å². The van der Waals surface area contributed by atoms with Crippen LogP contribution in [0, 0.1) is 5.82 Å². The van der Waals surface area contributed by atoms with Gasteiger partial charge in [0.1, 0.15) is 11.6 Å². The molecule has 1 saturated heterocycles. The lowest BCUT2D eigenvalue weighted by atomic mass is 10.1. The zero-order valence-electron chi connectivity index (χ0n) is 12.5. The summed E-state index contributed by atoms with van der Waals surface area (Å²) in [7, 11) is 0. The van der Waals surface area contributed by atoms with Crippen LogP contribution in [-0.4, -0.2) is 27.3 Å². The van der Waals surface area contributed by atoms with E-state index in [9.17, 15) is 9.18 Å². The van der Waals surface area contributed by atoms with E-state index in [1.807, 2.05) is 24.3 Å². The number of H-pyrrole nitrogens is 1. The number of rotatable bonds is 2. The summed E-state index contributed by atoms with van der Waals surface area (Å²) in [4.78, 5) is 22.4. The van der Waals surface area contributed by atoms with E-state index in [0.717, 1.165) is 29.7 Å². The lowest BCUT2D eigenvalue weighted by Crippen LogP contribution is -2.31. The Morgan fingerprint density at radius 3 is 2.91 bits per heavy atom. The van der Waals surface area contributed by atoms with Crippen molar-refractivity contribution in [1.29, 1.82) is 0 Å². The lowest BCUT2D eigenvalue weighted by Gasteiger charge is -2.23. The van der Waals surface area contributed by atoms with Crippen LogP contribution in [0.15, 0.2) is 48.5 Å². The maximum atomic E-state index is 13.4. The molecule has 0 spiro atoms. The highest BCUT2D eigenvalue weighted by atomic mass is 19.1. The van der Waals surface area contributed by atoms with Crippen molar-refractivity contribution in [3.8, 4) is 0 Å². The minimum atomic E-state index is -0.393. The first kappa shape index (κ1) is 13.9. The van der Waals surface area contributed by atoms with E-state index in [-0.39, 0.29) is 11.9 Å². The summed E-state index contributed by atoms with van der Waals surface area (Å²) in [6.07, 6.45) is 1.78. The quantitative estimate of drug-likeness (QED) is 0.785. The van der Waals surface area contributed by atoms with Gasteiger partial charge in [0.25, 0.3) is 5.91 Å². The topological polar surface area (TPSA) is 49.0 Å². The Morgan fingerprint density at radius 2 is 2.09 bits per heavy atom. The third-order valence-corrected chi connectivity index (χ3v) is 4.31. The molecule has 3 aromatic rings. The van der Waals surface area contributed by atoms with Crippen LogP contribution in [0.25, 0.3) is 11.0 Å².